The summed E-state index contributed by atoms with van der Waals surface area (Å²) in [6, 6.07) is 7.36. The lowest BCUT2D eigenvalue weighted by atomic mass is 9.98. The number of ether oxygens (including phenoxy) is 1. The van der Waals surface area contributed by atoms with Crippen LogP contribution in [0.15, 0.2) is 47.4 Å². The monoisotopic (exact) mass is 463 g/mol. The van der Waals surface area contributed by atoms with Crippen molar-refractivity contribution in [3.05, 3.63) is 65.2 Å². The smallest absolute Gasteiger partial charge is 0.417 e. The molecule has 1 heterocycles. The molecule has 0 aromatic heterocycles. The van der Waals surface area contributed by atoms with E-state index in [1.165, 1.54) is 18.2 Å². The molecular formula is C20H18F5NO4S. The second kappa shape index (κ2) is 8.91. The normalized spacial score (nSPS) is 16.3. The predicted octanol–water partition coefficient (Wildman–Crippen LogP) is 4.13. The van der Waals surface area contributed by atoms with Gasteiger partial charge in [-0.25, -0.2) is 17.2 Å². The lowest BCUT2D eigenvalue weighted by molar-refractivity contribution is -0.151. The molecule has 0 atom stereocenters. The van der Waals surface area contributed by atoms with E-state index < -0.39 is 56.8 Å². The highest BCUT2D eigenvalue weighted by Crippen LogP contribution is 2.36. The van der Waals surface area contributed by atoms with Crippen molar-refractivity contribution >= 4 is 16.0 Å². The van der Waals surface area contributed by atoms with E-state index in [4.69, 9.17) is 4.74 Å². The topological polar surface area (TPSA) is 63.7 Å². The van der Waals surface area contributed by atoms with Crippen LogP contribution in [0.3, 0.4) is 0 Å². The molecule has 0 N–H and O–H groups in total. The Kier molecular flexibility index (Phi) is 6.65. The summed E-state index contributed by atoms with van der Waals surface area (Å²) in [4.78, 5) is 11.4. The third-order valence-corrected chi connectivity index (χ3v) is 6.96. The van der Waals surface area contributed by atoms with Gasteiger partial charge in [0.1, 0.15) is 6.61 Å². The van der Waals surface area contributed by atoms with Crippen LogP contribution < -0.4 is 0 Å². The van der Waals surface area contributed by atoms with Crippen LogP contribution in [0.5, 0.6) is 0 Å². The molecule has 3 rings (SSSR count). The minimum Gasteiger partial charge on any atom is -0.460 e. The fourth-order valence-corrected chi connectivity index (χ4v) is 5.01. The maximum absolute atomic E-state index is 13.6. The number of rotatable bonds is 5. The number of sulfonamides is 1. The van der Waals surface area contributed by atoms with Gasteiger partial charge in [-0.2, -0.15) is 17.5 Å². The van der Waals surface area contributed by atoms with Crippen molar-refractivity contribution in [3.8, 4) is 0 Å². The molecule has 0 bridgehead atoms. The van der Waals surface area contributed by atoms with E-state index in [1.54, 1.807) is 0 Å². The summed E-state index contributed by atoms with van der Waals surface area (Å²) in [5.41, 5.74) is -1.40. The number of esters is 1. The van der Waals surface area contributed by atoms with E-state index in [0.717, 1.165) is 22.5 Å². The van der Waals surface area contributed by atoms with E-state index in [2.05, 4.69) is 0 Å². The standard InChI is InChI=1S/C20H18F5NO4S/c21-16-6-3-4-14(18(16)22)12-30-19(27)13-8-10-26(11-9-13)31(28,29)17-7-2-1-5-15(17)20(23,24)25/h1-7,13H,8-12H2. The summed E-state index contributed by atoms with van der Waals surface area (Å²) in [6.07, 6.45) is -4.78. The van der Waals surface area contributed by atoms with E-state index >= 15 is 0 Å². The zero-order valence-electron chi connectivity index (χ0n) is 16.0. The Morgan fingerprint density at radius 1 is 1.03 bits per heavy atom. The first-order chi connectivity index (χ1) is 14.5. The lowest BCUT2D eigenvalue weighted by Gasteiger charge is -2.30. The highest BCUT2D eigenvalue weighted by Gasteiger charge is 2.40. The quantitative estimate of drug-likeness (QED) is 0.494. The molecule has 1 aliphatic rings. The zero-order chi connectivity index (χ0) is 22.8. The number of carbonyl (C=O) groups excluding carboxylic acids is 1. The first kappa shape index (κ1) is 23.1. The van der Waals surface area contributed by atoms with Crippen LogP contribution in [-0.2, 0) is 32.3 Å². The minimum absolute atomic E-state index is 0.0257. The molecule has 0 amide bonds. The molecule has 2 aromatic rings. The second-order valence-electron chi connectivity index (χ2n) is 6.99. The number of carbonyl (C=O) groups is 1. The van der Waals surface area contributed by atoms with E-state index in [-0.39, 0.29) is 31.5 Å². The van der Waals surface area contributed by atoms with Crippen molar-refractivity contribution in [1.82, 2.24) is 4.31 Å². The Morgan fingerprint density at radius 2 is 1.68 bits per heavy atom. The van der Waals surface area contributed by atoms with Gasteiger partial charge in [0.15, 0.2) is 11.6 Å². The summed E-state index contributed by atoms with van der Waals surface area (Å²) in [5.74, 6) is -3.62. The van der Waals surface area contributed by atoms with Gasteiger partial charge in [0, 0.05) is 18.7 Å². The Labute approximate surface area is 175 Å². The van der Waals surface area contributed by atoms with Crippen LogP contribution in [0.2, 0.25) is 0 Å². The first-order valence-electron chi connectivity index (χ1n) is 9.27. The van der Waals surface area contributed by atoms with Crippen LogP contribution >= 0.6 is 0 Å². The van der Waals surface area contributed by atoms with Crippen LogP contribution in [0.4, 0.5) is 22.0 Å². The molecule has 31 heavy (non-hydrogen) atoms. The van der Waals surface area contributed by atoms with Crippen molar-refractivity contribution in [1.29, 1.82) is 0 Å². The van der Waals surface area contributed by atoms with Gasteiger partial charge < -0.3 is 4.74 Å². The summed E-state index contributed by atoms with van der Waals surface area (Å²) >= 11 is 0. The van der Waals surface area contributed by atoms with Crippen molar-refractivity contribution in [2.45, 2.75) is 30.5 Å². The Balaban J connectivity index is 1.64. The Bertz CT molecular complexity index is 1060. The van der Waals surface area contributed by atoms with Crippen molar-refractivity contribution in [2.75, 3.05) is 13.1 Å². The van der Waals surface area contributed by atoms with Crippen molar-refractivity contribution in [3.63, 3.8) is 0 Å². The van der Waals surface area contributed by atoms with Crippen LogP contribution in [-0.4, -0.2) is 31.8 Å². The number of hydrogen-bond donors (Lipinski definition) is 0. The molecule has 0 radical (unpaired) electrons. The fraction of sp³-hybridized carbons (Fsp3) is 0.350. The van der Waals surface area contributed by atoms with Crippen molar-refractivity contribution < 1.29 is 39.9 Å². The number of alkyl halides is 3. The molecule has 0 saturated carbocycles. The first-order valence-corrected chi connectivity index (χ1v) is 10.7. The average molecular weight is 463 g/mol. The Hall–Kier alpha value is -2.53. The van der Waals surface area contributed by atoms with Gasteiger partial charge in [0.2, 0.25) is 10.0 Å². The molecule has 2 aromatic carbocycles. The van der Waals surface area contributed by atoms with Crippen LogP contribution in [0.1, 0.15) is 24.0 Å². The van der Waals surface area contributed by atoms with E-state index in [1.807, 2.05) is 0 Å². The maximum Gasteiger partial charge on any atom is 0.417 e. The number of nitrogens with zero attached hydrogens (tertiary/aromatic N) is 1. The summed E-state index contributed by atoms with van der Waals surface area (Å²) in [5, 5.41) is 0. The molecule has 0 aliphatic carbocycles. The molecule has 0 spiro atoms. The second-order valence-corrected chi connectivity index (χ2v) is 8.90. The molecule has 0 unspecified atom stereocenters. The minimum atomic E-state index is -4.84. The molecule has 11 heteroatoms. The third-order valence-electron chi connectivity index (χ3n) is 5.00. The molecule has 1 saturated heterocycles. The van der Waals surface area contributed by atoms with E-state index in [0.29, 0.717) is 6.07 Å². The van der Waals surface area contributed by atoms with Gasteiger partial charge in [-0.15, -0.1) is 0 Å². The van der Waals surface area contributed by atoms with Crippen LogP contribution in [0.25, 0.3) is 0 Å². The average Bonchev–Trinajstić information content (AvgIpc) is 2.74. The SMILES string of the molecule is O=C(OCc1cccc(F)c1F)C1CCN(S(=O)(=O)c2ccccc2C(F)(F)F)CC1. The van der Waals surface area contributed by atoms with Gasteiger partial charge in [-0.1, -0.05) is 24.3 Å². The lowest BCUT2D eigenvalue weighted by Crippen LogP contribution is -2.41. The van der Waals surface area contributed by atoms with Crippen molar-refractivity contribution in [2.24, 2.45) is 5.92 Å². The number of hydrogen-bond acceptors (Lipinski definition) is 4. The fourth-order valence-electron chi connectivity index (χ4n) is 3.32. The van der Waals surface area contributed by atoms with Gasteiger partial charge in [-0.05, 0) is 31.0 Å². The summed E-state index contributed by atoms with van der Waals surface area (Å²) in [6.45, 7) is -0.842. The molecule has 1 aliphatic heterocycles. The Morgan fingerprint density at radius 3 is 2.32 bits per heavy atom. The predicted molar refractivity (Wildman–Crippen MR) is 99.1 cm³/mol. The zero-order valence-corrected chi connectivity index (χ0v) is 16.8. The van der Waals surface area contributed by atoms with Gasteiger partial charge in [-0.3, -0.25) is 4.79 Å². The highest BCUT2D eigenvalue weighted by atomic mass is 32.2. The molecule has 1 fully saturated rings. The van der Waals surface area contributed by atoms with Crippen LogP contribution in [0, 0.1) is 17.6 Å². The molecule has 5 nitrogen and oxygen atoms in total. The van der Waals surface area contributed by atoms with Gasteiger partial charge >= 0.3 is 12.1 Å². The maximum atomic E-state index is 13.6. The van der Waals surface area contributed by atoms with Gasteiger partial charge in [0.05, 0.1) is 16.4 Å². The number of benzene rings is 2. The third kappa shape index (κ3) is 5.04. The number of halogens is 5. The van der Waals surface area contributed by atoms with E-state index in [9.17, 15) is 35.2 Å². The highest BCUT2D eigenvalue weighted by molar-refractivity contribution is 7.89. The van der Waals surface area contributed by atoms with Gasteiger partial charge in [0.25, 0.3) is 0 Å². The number of piperidine rings is 1. The largest absolute Gasteiger partial charge is 0.460 e. The molecule has 168 valence electrons. The molecular weight excluding hydrogens is 445 g/mol. The summed E-state index contributed by atoms with van der Waals surface area (Å²) < 4.78 is 97.8. The summed E-state index contributed by atoms with van der Waals surface area (Å²) in [7, 11) is -4.42.